The summed E-state index contributed by atoms with van der Waals surface area (Å²) in [5.41, 5.74) is 2.00. The maximum Gasteiger partial charge on any atom is 0.356 e. The van der Waals surface area contributed by atoms with Crippen LogP contribution in [0.3, 0.4) is 0 Å². The van der Waals surface area contributed by atoms with Crippen molar-refractivity contribution in [1.29, 1.82) is 0 Å². The minimum absolute atomic E-state index is 0.0720. The van der Waals surface area contributed by atoms with E-state index in [9.17, 15) is 14.3 Å². The minimum Gasteiger partial charge on any atom is -0.476 e. The van der Waals surface area contributed by atoms with Gasteiger partial charge in [0, 0.05) is 22.3 Å². The van der Waals surface area contributed by atoms with Crippen LogP contribution in [-0.4, -0.2) is 26.3 Å². The zero-order valence-electron chi connectivity index (χ0n) is 13.6. The summed E-state index contributed by atoms with van der Waals surface area (Å²) in [6.07, 6.45) is 1.45. The molecule has 7 heteroatoms. The second-order valence-electron chi connectivity index (χ2n) is 5.95. The summed E-state index contributed by atoms with van der Waals surface area (Å²) >= 11 is 6.17. The van der Waals surface area contributed by atoms with Gasteiger partial charge in [-0.15, -0.1) is 0 Å². The van der Waals surface area contributed by atoms with Crippen molar-refractivity contribution < 1.29 is 14.3 Å². The fourth-order valence-corrected chi connectivity index (χ4v) is 3.25. The highest BCUT2D eigenvalue weighted by atomic mass is 35.5. The second kappa shape index (κ2) is 6.07. The van der Waals surface area contributed by atoms with Gasteiger partial charge in [-0.25, -0.2) is 14.2 Å². The van der Waals surface area contributed by atoms with Crippen molar-refractivity contribution in [2.24, 2.45) is 4.99 Å². The lowest BCUT2D eigenvalue weighted by Gasteiger charge is -2.12. The van der Waals surface area contributed by atoms with E-state index in [0.29, 0.717) is 33.4 Å². The van der Waals surface area contributed by atoms with E-state index in [1.807, 2.05) is 0 Å². The Labute approximate surface area is 153 Å². The standard InChI is InChI=1S/C19H13ClFN3O2/c1-10-18-23-15(19(25)26)9-24(18)16-7-6-11(20)8-13(16)17(22-10)12-4-2-3-5-14(12)21/h2-10H,1H3,(H,25,26). The number of fused-ring (bicyclic) bond motifs is 3. The van der Waals surface area contributed by atoms with Crippen LogP contribution in [0.1, 0.15) is 40.4 Å². The summed E-state index contributed by atoms with van der Waals surface area (Å²) in [5.74, 6) is -1.04. The molecule has 1 atom stereocenters. The maximum absolute atomic E-state index is 14.4. The molecule has 0 amide bonds. The van der Waals surface area contributed by atoms with Gasteiger partial charge in [0.05, 0.1) is 11.4 Å². The molecule has 1 aromatic heterocycles. The highest BCUT2D eigenvalue weighted by Gasteiger charge is 2.27. The Bertz CT molecular complexity index is 1070. The first-order chi connectivity index (χ1) is 12.5. The van der Waals surface area contributed by atoms with E-state index in [1.165, 1.54) is 12.3 Å². The van der Waals surface area contributed by atoms with Gasteiger partial charge in [-0.1, -0.05) is 23.7 Å². The van der Waals surface area contributed by atoms with Gasteiger partial charge in [0.2, 0.25) is 0 Å². The Morgan fingerprint density at radius 2 is 2.00 bits per heavy atom. The molecule has 1 aliphatic rings. The first kappa shape index (κ1) is 16.5. The number of aromatic carboxylic acids is 1. The fourth-order valence-electron chi connectivity index (χ4n) is 3.08. The number of imidazole rings is 1. The normalized spacial score (nSPS) is 15.7. The third-order valence-corrected chi connectivity index (χ3v) is 4.49. The Balaban J connectivity index is 2.03. The second-order valence-corrected chi connectivity index (χ2v) is 6.39. The van der Waals surface area contributed by atoms with Crippen LogP contribution in [-0.2, 0) is 0 Å². The molecule has 0 saturated heterocycles. The highest BCUT2D eigenvalue weighted by Crippen LogP contribution is 2.32. The van der Waals surface area contributed by atoms with Gasteiger partial charge in [-0.3, -0.25) is 4.99 Å². The third-order valence-electron chi connectivity index (χ3n) is 4.25. The monoisotopic (exact) mass is 369 g/mol. The van der Waals surface area contributed by atoms with Crippen LogP contribution in [0.2, 0.25) is 5.02 Å². The number of rotatable bonds is 2. The number of benzene rings is 2. The lowest BCUT2D eigenvalue weighted by atomic mass is 10.00. The minimum atomic E-state index is -1.12. The van der Waals surface area contributed by atoms with E-state index < -0.39 is 17.8 Å². The molecule has 1 unspecified atom stereocenters. The largest absolute Gasteiger partial charge is 0.476 e. The number of carbonyl (C=O) groups is 1. The number of carboxylic acids is 1. The summed E-state index contributed by atoms with van der Waals surface area (Å²) in [6, 6.07) is 11.1. The number of carboxylic acid groups (broad SMARTS) is 1. The number of halogens is 2. The molecule has 0 saturated carbocycles. The molecule has 0 spiro atoms. The van der Waals surface area contributed by atoms with Gasteiger partial charge in [0.15, 0.2) is 5.69 Å². The molecule has 130 valence electrons. The Hall–Kier alpha value is -2.99. The van der Waals surface area contributed by atoms with E-state index in [0.717, 1.165) is 0 Å². The lowest BCUT2D eigenvalue weighted by Crippen LogP contribution is -2.09. The summed E-state index contributed by atoms with van der Waals surface area (Å²) in [4.78, 5) is 20.2. The molecule has 0 aliphatic carbocycles. The first-order valence-electron chi connectivity index (χ1n) is 7.91. The van der Waals surface area contributed by atoms with Crippen LogP contribution in [0.25, 0.3) is 5.69 Å². The summed E-state index contributed by atoms with van der Waals surface area (Å²) in [5, 5.41) is 9.74. The van der Waals surface area contributed by atoms with Gasteiger partial charge in [0.25, 0.3) is 0 Å². The molecule has 3 aromatic rings. The van der Waals surface area contributed by atoms with Gasteiger partial charge in [0.1, 0.15) is 17.7 Å². The van der Waals surface area contributed by atoms with E-state index in [1.54, 1.807) is 47.9 Å². The van der Waals surface area contributed by atoms with Crippen LogP contribution < -0.4 is 0 Å². The summed E-state index contributed by atoms with van der Waals surface area (Å²) in [6.45, 7) is 1.79. The number of aromatic nitrogens is 2. The molecular weight excluding hydrogens is 357 g/mol. The number of hydrogen-bond donors (Lipinski definition) is 1. The number of aliphatic imine (C=N–C) groups is 1. The van der Waals surface area contributed by atoms with Crippen molar-refractivity contribution >= 4 is 23.3 Å². The van der Waals surface area contributed by atoms with Crippen molar-refractivity contribution in [3.8, 4) is 5.69 Å². The van der Waals surface area contributed by atoms with Crippen LogP contribution >= 0.6 is 11.6 Å². The van der Waals surface area contributed by atoms with E-state index >= 15 is 0 Å². The predicted molar refractivity (Wildman–Crippen MR) is 96.0 cm³/mol. The van der Waals surface area contributed by atoms with Crippen molar-refractivity contribution in [3.05, 3.63) is 82.1 Å². The van der Waals surface area contributed by atoms with Gasteiger partial charge in [-0.05, 0) is 37.3 Å². The molecule has 1 aliphatic heterocycles. The average Bonchev–Trinajstić information content (AvgIpc) is 3.02. The molecule has 5 nitrogen and oxygen atoms in total. The number of hydrogen-bond acceptors (Lipinski definition) is 3. The molecule has 0 fully saturated rings. The SMILES string of the molecule is CC1N=C(c2ccccc2F)c2cc(Cl)ccc2-n2cc(C(=O)O)nc21. The third kappa shape index (κ3) is 2.59. The van der Waals surface area contributed by atoms with Crippen LogP contribution in [0.5, 0.6) is 0 Å². The van der Waals surface area contributed by atoms with Crippen molar-refractivity contribution in [2.75, 3.05) is 0 Å². The molecule has 1 N–H and O–H groups in total. The van der Waals surface area contributed by atoms with E-state index in [-0.39, 0.29) is 5.69 Å². The number of nitrogens with zero attached hydrogens (tertiary/aromatic N) is 3. The Morgan fingerprint density at radius 3 is 2.73 bits per heavy atom. The van der Waals surface area contributed by atoms with Crippen molar-refractivity contribution in [1.82, 2.24) is 9.55 Å². The topological polar surface area (TPSA) is 67.5 Å². The average molecular weight is 370 g/mol. The zero-order valence-corrected chi connectivity index (χ0v) is 14.4. The van der Waals surface area contributed by atoms with E-state index in [4.69, 9.17) is 11.6 Å². The van der Waals surface area contributed by atoms with Crippen molar-refractivity contribution in [3.63, 3.8) is 0 Å². The smallest absolute Gasteiger partial charge is 0.356 e. The fraction of sp³-hybridized carbons (Fsp3) is 0.105. The van der Waals surface area contributed by atoms with Crippen LogP contribution in [0.15, 0.2) is 53.7 Å². The summed E-state index contributed by atoms with van der Waals surface area (Å²) in [7, 11) is 0. The molecule has 0 bridgehead atoms. The zero-order chi connectivity index (χ0) is 18.4. The predicted octanol–water partition coefficient (Wildman–Crippen LogP) is 4.28. The molecule has 2 heterocycles. The Morgan fingerprint density at radius 1 is 1.23 bits per heavy atom. The van der Waals surface area contributed by atoms with Gasteiger partial charge < -0.3 is 9.67 Å². The maximum atomic E-state index is 14.4. The Kier molecular flexibility index (Phi) is 3.85. The quantitative estimate of drug-likeness (QED) is 0.733. The van der Waals surface area contributed by atoms with Crippen molar-refractivity contribution in [2.45, 2.75) is 13.0 Å². The highest BCUT2D eigenvalue weighted by molar-refractivity contribution is 6.31. The van der Waals surface area contributed by atoms with Gasteiger partial charge in [-0.2, -0.15) is 0 Å². The molecule has 4 rings (SSSR count). The first-order valence-corrected chi connectivity index (χ1v) is 8.29. The molecule has 26 heavy (non-hydrogen) atoms. The van der Waals surface area contributed by atoms with Crippen LogP contribution in [0, 0.1) is 5.82 Å². The molecular formula is C19H13ClFN3O2. The lowest BCUT2D eigenvalue weighted by molar-refractivity contribution is 0.0691. The van der Waals surface area contributed by atoms with Gasteiger partial charge >= 0.3 is 5.97 Å². The molecule has 2 aromatic carbocycles. The van der Waals surface area contributed by atoms with E-state index in [2.05, 4.69) is 9.98 Å². The molecule has 0 radical (unpaired) electrons. The van der Waals surface area contributed by atoms with Crippen LogP contribution in [0.4, 0.5) is 4.39 Å². The summed E-state index contributed by atoms with van der Waals surface area (Å²) < 4.78 is 16.1.